The molecule has 0 spiro atoms. The van der Waals surface area contributed by atoms with E-state index in [-0.39, 0.29) is 0 Å². The highest BCUT2D eigenvalue weighted by Gasteiger charge is 2.11. The first-order valence-corrected chi connectivity index (χ1v) is 6.99. The summed E-state index contributed by atoms with van der Waals surface area (Å²) in [6, 6.07) is 6.45. The van der Waals surface area contributed by atoms with Crippen LogP contribution in [-0.2, 0) is 0 Å². The minimum atomic E-state index is 0.698. The SMILES string of the molecule is CCC(CNC)CN(C)c1cc(Br)ccc1C. The Bertz CT molecular complexity index is 352. The van der Waals surface area contributed by atoms with E-state index in [1.165, 1.54) is 17.7 Å². The fraction of sp³-hybridized carbons (Fsp3) is 0.571. The number of halogens is 1. The Morgan fingerprint density at radius 1 is 1.41 bits per heavy atom. The Labute approximate surface area is 114 Å². The molecule has 1 aromatic carbocycles. The Hall–Kier alpha value is -0.540. The number of nitrogens with one attached hydrogen (secondary N) is 1. The zero-order valence-electron chi connectivity index (χ0n) is 11.3. The average molecular weight is 299 g/mol. The number of hydrogen-bond acceptors (Lipinski definition) is 2. The molecule has 0 aliphatic carbocycles. The molecule has 1 aromatic rings. The standard InChI is InChI=1S/C14H23BrN2/c1-5-12(9-16-3)10-17(4)14-8-13(15)7-6-11(14)2/h6-8,12,16H,5,9-10H2,1-4H3. The van der Waals surface area contributed by atoms with Crippen molar-refractivity contribution in [2.24, 2.45) is 5.92 Å². The van der Waals surface area contributed by atoms with Gasteiger partial charge in [0.2, 0.25) is 0 Å². The third-order valence-corrected chi connectivity index (χ3v) is 3.68. The number of aryl methyl sites for hydroxylation is 1. The van der Waals surface area contributed by atoms with Crippen LogP contribution < -0.4 is 10.2 Å². The topological polar surface area (TPSA) is 15.3 Å². The van der Waals surface area contributed by atoms with Gasteiger partial charge in [0.15, 0.2) is 0 Å². The second-order valence-electron chi connectivity index (χ2n) is 4.64. The van der Waals surface area contributed by atoms with Gasteiger partial charge in [0, 0.05) is 23.8 Å². The van der Waals surface area contributed by atoms with Crippen molar-refractivity contribution >= 4 is 21.6 Å². The lowest BCUT2D eigenvalue weighted by molar-refractivity contribution is 0.484. The first kappa shape index (κ1) is 14.5. The molecular weight excluding hydrogens is 276 g/mol. The maximum atomic E-state index is 3.54. The molecule has 3 heteroatoms. The highest BCUT2D eigenvalue weighted by atomic mass is 79.9. The summed E-state index contributed by atoms with van der Waals surface area (Å²) in [5, 5.41) is 3.27. The Morgan fingerprint density at radius 2 is 2.12 bits per heavy atom. The van der Waals surface area contributed by atoms with E-state index in [1.807, 2.05) is 7.05 Å². The van der Waals surface area contributed by atoms with Crippen molar-refractivity contribution in [3.63, 3.8) is 0 Å². The molecule has 0 aliphatic heterocycles. The summed E-state index contributed by atoms with van der Waals surface area (Å²) in [6.45, 7) is 6.59. The van der Waals surface area contributed by atoms with Crippen LogP contribution in [0.1, 0.15) is 18.9 Å². The molecule has 17 heavy (non-hydrogen) atoms. The van der Waals surface area contributed by atoms with E-state index in [9.17, 15) is 0 Å². The normalized spacial score (nSPS) is 12.5. The Kier molecular flexibility index (Phi) is 6.00. The predicted octanol–water partition coefficient (Wildman–Crippen LogP) is 3.44. The van der Waals surface area contributed by atoms with Crippen molar-refractivity contribution in [1.82, 2.24) is 5.32 Å². The molecular formula is C14H23BrN2. The summed E-state index contributed by atoms with van der Waals surface area (Å²) in [7, 11) is 4.19. The fourth-order valence-corrected chi connectivity index (χ4v) is 2.46. The zero-order chi connectivity index (χ0) is 12.8. The lowest BCUT2D eigenvalue weighted by Crippen LogP contribution is -2.31. The summed E-state index contributed by atoms with van der Waals surface area (Å²) in [5.74, 6) is 0.698. The Balaban J connectivity index is 2.74. The highest BCUT2D eigenvalue weighted by molar-refractivity contribution is 9.10. The first-order valence-electron chi connectivity index (χ1n) is 6.20. The minimum absolute atomic E-state index is 0.698. The van der Waals surface area contributed by atoms with Gasteiger partial charge in [0.05, 0.1) is 0 Å². The molecule has 1 rings (SSSR count). The molecule has 0 amide bonds. The molecule has 0 aliphatic rings. The average Bonchev–Trinajstić information content (AvgIpc) is 2.31. The van der Waals surface area contributed by atoms with Gasteiger partial charge in [0.25, 0.3) is 0 Å². The summed E-state index contributed by atoms with van der Waals surface area (Å²) in [5.41, 5.74) is 2.64. The van der Waals surface area contributed by atoms with Crippen molar-refractivity contribution in [2.45, 2.75) is 20.3 Å². The first-order chi connectivity index (χ1) is 8.08. The van der Waals surface area contributed by atoms with Crippen LogP contribution in [0.2, 0.25) is 0 Å². The lowest BCUT2D eigenvalue weighted by Gasteiger charge is -2.26. The van der Waals surface area contributed by atoms with E-state index in [0.29, 0.717) is 5.92 Å². The molecule has 0 saturated carbocycles. The van der Waals surface area contributed by atoms with Crippen LogP contribution in [-0.4, -0.2) is 27.2 Å². The van der Waals surface area contributed by atoms with Gasteiger partial charge in [-0.05, 0) is 44.1 Å². The van der Waals surface area contributed by atoms with E-state index in [1.54, 1.807) is 0 Å². The van der Waals surface area contributed by atoms with Gasteiger partial charge in [-0.25, -0.2) is 0 Å². The van der Waals surface area contributed by atoms with Crippen molar-refractivity contribution < 1.29 is 0 Å². The third-order valence-electron chi connectivity index (χ3n) is 3.18. The van der Waals surface area contributed by atoms with Gasteiger partial charge in [-0.15, -0.1) is 0 Å². The summed E-state index contributed by atoms with van der Waals surface area (Å²) in [6.07, 6.45) is 1.21. The van der Waals surface area contributed by atoms with Gasteiger partial charge < -0.3 is 10.2 Å². The van der Waals surface area contributed by atoms with Crippen LogP contribution in [0.4, 0.5) is 5.69 Å². The Morgan fingerprint density at radius 3 is 2.71 bits per heavy atom. The van der Waals surface area contributed by atoms with Gasteiger partial charge in [-0.1, -0.05) is 35.3 Å². The maximum absolute atomic E-state index is 3.54. The molecule has 0 fully saturated rings. The van der Waals surface area contributed by atoms with Crippen LogP contribution in [0.3, 0.4) is 0 Å². The van der Waals surface area contributed by atoms with Gasteiger partial charge >= 0.3 is 0 Å². The molecule has 0 heterocycles. The van der Waals surface area contributed by atoms with E-state index in [0.717, 1.165) is 17.6 Å². The minimum Gasteiger partial charge on any atom is -0.374 e. The third kappa shape index (κ3) is 4.32. The largest absolute Gasteiger partial charge is 0.374 e. The fourth-order valence-electron chi connectivity index (χ4n) is 2.11. The second-order valence-corrected chi connectivity index (χ2v) is 5.56. The van der Waals surface area contributed by atoms with E-state index >= 15 is 0 Å². The van der Waals surface area contributed by atoms with Crippen LogP contribution in [0.5, 0.6) is 0 Å². The molecule has 96 valence electrons. The number of anilines is 1. The molecule has 2 nitrogen and oxygen atoms in total. The number of benzene rings is 1. The number of hydrogen-bond donors (Lipinski definition) is 1. The zero-order valence-corrected chi connectivity index (χ0v) is 12.8. The van der Waals surface area contributed by atoms with E-state index in [4.69, 9.17) is 0 Å². The van der Waals surface area contributed by atoms with Crippen molar-refractivity contribution in [3.8, 4) is 0 Å². The molecule has 0 radical (unpaired) electrons. The molecule has 1 atom stereocenters. The molecule has 1 N–H and O–H groups in total. The highest BCUT2D eigenvalue weighted by Crippen LogP contribution is 2.24. The quantitative estimate of drug-likeness (QED) is 0.865. The van der Waals surface area contributed by atoms with Crippen LogP contribution >= 0.6 is 15.9 Å². The van der Waals surface area contributed by atoms with Crippen LogP contribution in [0, 0.1) is 12.8 Å². The lowest BCUT2D eigenvalue weighted by atomic mass is 10.1. The molecule has 1 unspecified atom stereocenters. The van der Waals surface area contributed by atoms with E-state index in [2.05, 4.69) is 65.2 Å². The maximum Gasteiger partial charge on any atom is 0.0404 e. The second kappa shape index (κ2) is 7.02. The summed E-state index contributed by atoms with van der Waals surface area (Å²) >= 11 is 3.54. The van der Waals surface area contributed by atoms with Crippen LogP contribution in [0.15, 0.2) is 22.7 Å². The van der Waals surface area contributed by atoms with Crippen molar-refractivity contribution in [1.29, 1.82) is 0 Å². The molecule has 0 aromatic heterocycles. The summed E-state index contributed by atoms with van der Waals surface area (Å²) < 4.78 is 1.15. The summed E-state index contributed by atoms with van der Waals surface area (Å²) in [4.78, 5) is 2.35. The number of nitrogens with zero attached hydrogens (tertiary/aromatic N) is 1. The van der Waals surface area contributed by atoms with Gasteiger partial charge in [-0.2, -0.15) is 0 Å². The number of rotatable bonds is 6. The smallest absolute Gasteiger partial charge is 0.0404 e. The predicted molar refractivity (Wildman–Crippen MR) is 79.9 cm³/mol. The molecule has 0 bridgehead atoms. The van der Waals surface area contributed by atoms with Gasteiger partial charge in [-0.3, -0.25) is 0 Å². The van der Waals surface area contributed by atoms with Crippen molar-refractivity contribution in [3.05, 3.63) is 28.2 Å². The van der Waals surface area contributed by atoms with E-state index < -0.39 is 0 Å². The molecule has 0 saturated heterocycles. The van der Waals surface area contributed by atoms with Crippen molar-refractivity contribution in [2.75, 3.05) is 32.1 Å². The van der Waals surface area contributed by atoms with Gasteiger partial charge in [0.1, 0.15) is 0 Å². The monoisotopic (exact) mass is 298 g/mol. The van der Waals surface area contributed by atoms with Crippen LogP contribution in [0.25, 0.3) is 0 Å².